The van der Waals surface area contributed by atoms with Crippen LogP contribution in [0.5, 0.6) is 0 Å². The summed E-state index contributed by atoms with van der Waals surface area (Å²) in [6.07, 6.45) is 3.44. The summed E-state index contributed by atoms with van der Waals surface area (Å²) in [6, 6.07) is 7.00. The molecular weight excluding hydrogens is 362 g/mol. The zero-order valence-electron chi connectivity index (χ0n) is 15.7. The SMILES string of the molecule is COC(=O)CCNC(=O)Nc1cccc(-c2nccnc2N2CCOCC2)c1. The van der Waals surface area contributed by atoms with Crippen LogP contribution >= 0.6 is 0 Å². The van der Waals surface area contributed by atoms with Crippen LogP contribution in [0.15, 0.2) is 36.7 Å². The summed E-state index contributed by atoms with van der Waals surface area (Å²) in [5, 5.41) is 5.38. The summed E-state index contributed by atoms with van der Waals surface area (Å²) in [5.41, 5.74) is 2.22. The predicted molar refractivity (Wildman–Crippen MR) is 104 cm³/mol. The lowest BCUT2D eigenvalue weighted by Gasteiger charge is -2.28. The van der Waals surface area contributed by atoms with Crippen molar-refractivity contribution in [2.75, 3.05) is 50.2 Å². The second kappa shape index (κ2) is 9.65. The summed E-state index contributed by atoms with van der Waals surface area (Å²) in [5.74, 6) is 0.422. The van der Waals surface area contributed by atoms with E-state index < -0.39 is 6.03 Å². The van der Waals surface area contributed by atoms with Gasteiger partial charge in [-0.3, -0.25) is 9.78 Å². The van der Waals surface area contributed by atoms with Crippen molar-refractivity contribution in [2.24, 2.45) is 0 Å². The molecule has 28 heavy (non-hydrogen) atoms. The monoisotopic (exact) mass is 385 g/mol. The molecule has 3 rings (SSSR count). The molecule has 1 saturated heterocycles. The first-order valence-electron chi connectivity index (χ1n) is 9.03. The number of nitrogens with zero attached hydrogens (tertiary/aromatic N) is 3. The number of morpholine rings is 1. The van der Waals surface area contributed by atoms with Gasteiger partial charge in [-0.05, 0) is 12.1 Å². The van der Waals surface area contributed by atoms with E-state index in [1.807, 2.05) is 18.2 Å². The fraction of sp³-hybridized carbons (Fsp3) is 0.368. The second-order valence-electron chi connectivity index (χ2n) is 6.12. The van der Waals surface area contributed by atoms with E-state index in [4.69, 9.17) is 4.74 Å². The minimum absolute atomic E-state index is 0.118. The molecule has 1 aliphatic rings. The van der Waals surface area contributed by atoms with Crippen LogP contribution in [0.3, 0.4) is 0 Å². The van der Waals surface area contributed by atoms with Crippen molar-refractivity contribution < 1.29 is 19.1 Å². The van der Waals surface area contributed by atoms with Gasteiger partial charge >= 0.3 is 12.0 Å². The Morgan fingerprint density at radius 1 is 1.21 bits per heavy atom. The summed E-state index contributed by atoms with van der Waals surface area (Å²) in [4.78, 5) is 34.3. The molecule has 0 atom stereocenters. The van der Waals surface area contributed by atoms with Gasteiger partial charge in [0.25, 0.3) is 0 Å². The fourth-order valence-corrected chi connectivity index (χ4v) is 2.84. The first-order chi connectivity index (χ1) is 13.7. The van der Waals surface area contributed by atoms with Crippen LogP contribution < -0.4 is 15.5 Å². The maximum absolute atomic E-state index is 12.0. The lowest BCUT2D eigenvalue weighted by Crippen LogP contribution is -2.37. The number of amides is 2. The number of nitrogens with one attached hydrogen (secondary N) is 2. The van der Waals surface area contributed by atoms with Crippen molar-refractivity contribution in [1.82, 2.24) is 15.3 Å². The highest BCUT2D eigenvalue weighted by molar-refractivity contribution is 5.90. The molecule has 2 aromatic rings. The van der Waals surface area contributed by atoms with Crippen LogP contribution in [-0.2, 0) is 14.3 Å². The van der Waals surface area contributed by atoms with E-state index in [0.717, 1.165) is 30.2 Å². The van der Waals surface area contributed by atoms with Crippen molar-refractivity contribution in [1.29, 1.82) is 0 Å². The molecule has 0 aliphatic carbocycles. The van der Waals surface area contributed by atoms with Gasteiger partial charge in [-0.2, -0.15) is 0 Å². The average Bonchev–Trinajstić information content (AvgIpc) is 2.74. The van der Waals surface area contributed by atoms with Crippen LogP contribution in [0, 0.1) is 0 Å². The molecule has 1 fully saturated rings. The molecule has 2 heterocycles. The third-order valence-corrected chi connectivity index (χ3v) is 4.23. The molecule has 1 aromatic heterocycles. The molecule has 0 spiro atoms. The van der Waals surface area contributed by atoms with Gasteiger partial charge in [0.2, 0.25) is 0 Å². The Hall–Kier alpha value is -3.20. The minimum atomic E-state index is -0.395. The maximum atomic E-state index is 12.0. The Morgan fingerprint density at radius 2 is 2.00 bits per heavy atom. The number of methoxy groups -OCH3 is 1. The van der Waals surface area contributed by atoms with Crippen LogP contribution in [0.1, 0.15) is 6.42 Å². The number of hydrogen-bond donors (Lipinski definition) is 2. The second-order valence-corrected chi connectivity index (χ2v) is 6.12. The molecule has 0 unspecified atom stereocenters. The maximum Gasteiger partial charge on any atom is 0.319 e. The van der Waals surface area contributed by atoms with Gasteiger partial charge < -0.3 is 25.0 Å². The Bertz CT molecular complexity index is 823. The topological polar surface area (TPSA) is 106 Å². The normalized spacial score (nSPS) is 13.7. The smallest absolute Gasteiger partial charge is 0.319 e. The molecule has 1 aromatic carbocycles. The van der Waals surface area contributed by atoms with Gasteiger partial charge in [-0.15, -0.1) is 0 Å². The van der Waals surface area contributed by atoms with E-state index in [0.29, 0.717) is 18.9 Å². The van der Waals surface area contributed by atoms with Crippen molar-refractivity contribution in [3.63, 3.8) is 0 Å². The third-order valence-electron chi connectivity index (χ3n) is 4.23. The summed E-state index contributed by atoms with van der Waals surface area (Å²) in [7, 11) is 1.31. The van der Waals surface area contributed by atoms with Gasteiger partial charge in [0.1, 0.15) is 5.69 Å². The lowest BCUT2D eigenvalue weighted by molar-refractivity contribution is -0.140. The first kappa shape index (κ1) is 19.6. The van der Waals surface area contributed by atoms with Crippen LogP contribution in [0.4, 0.5) is 16.3 Å². The molecule has 0 bridgehead atoms. The zero-order chi connectivity index (χ0) is 19.8. The first-order valence-corrected chi connectivity index (χ1v) is 9.03. The molecule has 2 amide bonds. The molecule has 2 N–H and O–H groups in total. The number of esters is 1. The molecular formula is C19H23N5O4. The summed E-state index contributed by atoms with van der Waals surface area (Å²) in [6.45, 7) is 3.02. The molecule has 0 saturated carbocycles. The summed E-state index contributed by atoms with van der Waals surface area (Å²) < 4.78 is 9.95. The van der Waals surface area contributed by atoms with Gasteiger partial charge in [0.05, 0.1) is 26.7 Å². The number of anilines is 2. The third kappa shape index (κ3) is 5.17. The van der Waals surface area contributed by atoms with Gasteiger partial charge in [-0.1, -0.05) is 12.1 Å². The molecule has 9 heteroatoms. The Kier molecular flexibility index (Phi) is 6.74. The fourth-order valence-electron chi connectivity index (χ4n) is 2.84. The number of carbonyl (C=O) groups excluding carboxylic acids is 2. The number of ether oxygens (including phenoxy) is 2. The molecule has 9 nitrogen and oxygen atoms in total. The van der Waals surface area contributed by atoms with E-state index in [1.165, 1.54) is 7.11 Å². The van der Waals surface area contributed by atoms with Crippen molar-refractivity contribution in [3.05, 3.63) is 36.7 Å². The number of benzene rings is 1. The highest BCUT2D eigenvalue weighted by atomic mass is 16.5. The molecule has 1 aliphatic heterocycles. The standard InChI is InChI=1S/C19H23N5O4/c1-27-16(25)5-6-22-19(26)23-15-4-2-3-14(13-15)17-18(21-8-7-20-17)24-9-11-28-12-10-24/h2-4,7-8,13H,5-6,9-12H2,1H3,(H2,22,23,26). The summed E-state index contributed by atoms with van der Waals surface area (Å²) >= 11 is 0. The van der Waals surface area contributed by atoms with Crippen molar-refractivity contribution in [2.45, 2.75) is 6.42 Å². The lowest BCUT2D eigenvalue weighted by atomic mass is 10.1. The number of rotatable bonds is 6. The van der Waals surface area contributed by atoms with Gasteiger partial charge in [-0.25, -0.2) is 9.78 Å². The average molecular weight is 385 g/mol. The molecule has 0 radical (unpaired) electrons. The number of aromatic nitrogens is 2. The van der Waals surface area contributed by atoms with Crippen molar-refractivity contribution in [3.8, 4) is 11.3 Å². The highest BCUT2D eigenvalue weighted by Gasteiger charge is 2.18. The van der Waals surface area contributed by atoms with Crippen LogP contribution in [-0.4, -0.2) is 61.9 Å². The van der Waals surface area contributed by atoms with Gasteiger partial charge in [0.15, 0.2) is 5.82 Å². The van der Waals surface area contributed by atoms with E-state index in [2.05, 4.69) is 30.2 Å². The largest absolute Gasteiger partial charge is 0.469 e. The van der Waals surface area contributed by atoms with Crippen LogP contribution in [0.2, 0.25) is 0 Å². The Labute approximate surface area is 163 Å². The highest BCUT2D eigenvalue weighted by Crippen LogP contribution is 2.28. The molecule has 148 valence electrons. The Balaban J connectivity index is 1.70. The van der Waals surface area contributed by atoms with E-state index >= 15 is 0 Å². The van der Waals surface area contributed by atoms with Gasteiger partial charge in [0, 0.05) is 43.3 Å². The number of carbonyl (C=O) groups is 2. The van der Waals surface area contributed by atoms with Crippen LogP contribution in [0.25, 0.3) is 11.3 Å². The number of urea groups is 1. The predicted octanol–water partition coefficient (Wildman–Crippen LogP) is 1.66. The Morgan fingerprint density at radius 3 is 2.79 bits per heavy atom. The van der Waals surface area contributed by atoms with E-state index in [9.17, 15) is 9.59 Å². The van der Waals surface area contributed by atoms with E-state index in [1.54, 1.807) is 18.5 Å². The quantitative estimate of drug-likeness (QED) is 0.729. The minimum Gasteiger partial charge on any atom is -0.469 e. The zero-order valence-corrected chi connectivity index (χ0v) is 15.7. The van der Waals surface area contributed by atoms with Crippen molar-refractivity contribution >= 4 is 23.5 Å². The number of hydrogen-bond acceptors (Lipinski definition) is 7. The van der Waals surface area contributed by atoms with E-state index in [-0.39, 0.29) is 18.9 Å².